The number of rotatable bonds is 4. The molecule has 1 heterocycles. The van der Waals surface area contributed by atoms with Crippen molar-refractivity contribution >= 4 is 23.6 Å². The number of carbonyl (C=O) groups is 2. The first-order valence-corrected chi connectivity index (χ1v) is 6.32. The molecule has 0 atom stereocenters. The first-order chi connectivity index (χ1) is 10.2. The topological polar surface area (TPSA) is 112 Å². The molecule has 0 unspecified atom stereocenters. The van der Waals surface area contributed by atoms with E-state index in [9.17, 15) is 19.7 Å². The lowest BCUT2D eigenvalue weighted by Crippen LogP contribution is -2.41. The van der Waals surface area contributed by atoms with E-state index in [1.807, 2.05) is 0 Å². The van der Waals surface area contributed by atoms with Crippen LogP contribution in [-0.2, 0) is 14.3 Å². The van der Waals surface area contributed by atoms with E-state index in [4.69, 9.17) is 4.74 Å². The zero-order valence-electron chi connectivity index (χ0n) is 12.7. The van der Waals surface area contributed by atoms with Crippen molar-refractivity contribution in [1.29, 1.82) is 0 Å². The Morgan fingerprint density at radius 1 is 1.41 bits per heavy atom. The predicted octanol–water partition coefficient (Wildman–Crippen LogP) is 1.90. The Kier molecular flexibility index (Phi) is 5.39. The SMILES string of the molecule is COC(=O)CN(C(=O)OC(C)(C)C)c1ncccc1[N+](=O)[O-]. The van der Waals surface area contributed by atoms with Gasteiger partial charge in [0.1, 0.15) is 12.1 Å². The van der Waals surface area contributed by atoms with Gasteiger partial charge in [-0.05, 0) is 26.8 Å². The molecular weight excluding hydrogens is 294 g/mol. The first-order valence-electron chi connectivity index (χ1n) is 6.32. The van der Waals surface area contributed by atoms with E-state index in [0.29, 0.717) is 0 Å². The molecule has 0 radical (unpaired) electrons. The molecule has 0 saturated carbocycles. The van der Waals surface area contributed by atoms with E-state index in [2.05, 4.69) is 9.72 Å². The fraction of sp³-hybridized carbons (Fsp3) is 0.462. The summed E-state index contributed by atoms with van der Waals surface area (Å²) in [6, 6.07) is 2.53. The predicted molar refractivity (Wildman–Crippen MR) is 76.5 cm³/mol. The van der Waals surface area contributed by atoms with Gasteiger partial charge >= 0.3 is 17.7 Å². The molecular formula is C13H17N3O6. The highest BCUT2D eigenvalue weighted by Crippen LogP contribution is 2.26. The van der Waals surface area contributed by atoms with Gasteiger partial charge in [0.2, 0.25) is 5.82 Å². The molecule has 22 heavy (non-hydrogen) atoms. The summed E-state index contributed by atoms with van der Waals surface area (Å²) in [5.74, 6) is -1.04. The summed E-state index contributed by atoms with van der Waals surface area (Å²) in [7, 11) is 1.14. The molecule has 0 spiro atoms. The van der Waals surface area contributed by atoms with Gasteiger partial charge in [0.15, 0.2) is 0 Å². The number of hydrogen-bond acceptors (Lipinski definition) is 7. The molecule has 0 aliphatic heterocycles. The Morgan fingerprint density at radius 2 is 2.05 bits per heavy atom. The highest BCUT2D eigenvalue weighted by molar-refractivity contribution is 5.94. The number of pyridine rings is 1. The third kappa shape index (κ3) is 4.69. The van der Waals surface area contributed by atoms with Crippen molar-refractivity contribution in [3.05, 3.63) is 28.4 Å². The van der Waals surface area contributed by atoms with Crippen LogP contribution in [-0.4, -0.2) is 41.2 Å². The molecule has 0 N–H and O–H groups in total. The second-order valence-electron chi connectivity index (χ2n) is 5.25. The van der Waals surface area contributed by atoms with E-state index in [0.717, 1.165) is 12.0 Å². The molecule has 0 aromatic carbocycles. The summed E-state index contributed by atoms with van der Waals surface area (Å²) < 4.78 is 9.65. The largest absolute Gasteiger partial charge is 0.468 e. The lowest BCUT2D eigenvalue weighted by atomic mass is 10.2. The molecule has 0 fully saturated rings. The van der Waals surface area contributed by atoms with E-state index < -0.39 is 34.8 Å². The number of aromatic nitrogens is 1. The van der Waals surface area contributed by atoms with E-state index in [1.165, 1.54) is 18.3 Å². The molecule has 0 saturated heterocycles. The number of esters is 1. The highest BCUT2D eigenvalue weighted by Gasteiger charge is 2.31. The van der Waals surface area contributed by atoms with Crippen molar-refractivity contribution in [2.75, 3.05) is 18.6 Å². The molecule has 1 aromatic rings. The molecule has 9 heteroatoms. The second kappa shape index (κ2) is 6.83. The summed E-state index contributed by atoms with van der Waals surface area (Å²) in [6.45, 7) is 4.35. The van der Waals surface area contributed by atoms with Crippen molar-refractivity contribution in [3.63, 3.8) is 0 Å². The number of methoxy groups -OCH3 is 1. The van der Waals surface area contributed by atoms with Crippen LogP contribution >= 0.6 is 0 Å². The number of amides is 1. The molecule has 1 rings (SSSR count). The summed E-state index contributed by atoms with van der Waals surface area (Å²) in [5.41, 5.74) is -1.26. The summed E-state index contributed by atoms with van der Waals surface area (Å²) in [6.07, 6.45) is 0.344. The van der Waals surface area contributed by atoms with E-state index >= 15 is 0 Å². The fourth-order valence-electron chi connectivity index (χ4n) is 1.48. The number of nitro groups is 1. The van der Waals surface area contributed by atoms with Crippen LogP contribution in [0.25, 0.3) is 0 Å². The maximum Gasteiger partial charge on any atom is 0.416 e. The zero-order chi connectivity index (χ0) is 16.9. The Morgan fingerprint density at radius 3 is 2.55 bits per heavy atom. The molecule has 0 bridgehead atoms. The smallest absolute Gasteiger partial charge is 0.416 e. The number of hydrogen-bond donors (Lipinski definition) is 0. The van der Waals surface area contributed by atoms with E-state index in [1.54, 1.807) is 20.8 Å². The second-order valence-corrected chi connectivity index (χ2v) is 5.25. The number of ether oxygens (including phenoxy) is 2. The lowest BCUT2D eigenvalue weighted by Gasteiger charge is -2.25. The van der Waals surface area contributed by atoms with Gasteiger partial charge in [-0.25, -0.2) is 14.7 Å². The Balaban J connectivity index is 3.24. The number of nitrogens with zero attached hydrogens (tertiary/aromatic N) is 3. The van der Waals surface area contributed by atoms with Crippen molar-refractivity contribution in [3.8, 4) is 0 Å². The van der Waals surface area contributed by atoms with Crippen LogP contribution < -0.4 is 4.90 Å². The van der Waals surface area contributed by atoms with E-state index in [-0.39, 0.29) is 5.82 Å². The third-order valence-corrected chi connectivity index (χ3v) is 2.35. The standard InChI is InChI=1S/C13H17N3O6/c1-13(2,3)22-12(18)15(8-10(17)21-4)11-9(16(19)20)6-5-7-14-11/h5-7H,8H2,1-4H3. The van der Waals surface area contributed by atoms with Crippen LogP contribution in [0.2, 0.25) is 0 Å². The maximum absolute atomic E-state index is 12.2. The molecule has 9 nitrogen and oxygen atoms in total. The van der Waals surface area contributed by atoms with Gasteiger partial charge in [0, 0.05) is 12.3 Å². The van der Waals surface area contributed by atoms with Crippen molar-refractivity contribution < 1.29 is 24.0 Å². The highest BCUT2D eigenvalue weighted by atomic mass is 16.6. The van der Waals surface area contributed by atoms with Gasteiger partial charge in [-0.2, -0.15) is 0 Å². The molecule has 0 aliphatic carbocycles. The third-order valence-electron chi connectivity index (χ3n) is 2.35. The minimum atomic E-state index is -0.931. The van der Waals surface area contributed by atoms with Crippen LogP contribution in [0, 0.1) is 10.1 Å². The van der Waals surface area contributed by atoms with Crippen molar-refractivity contribution in [2.24, 2.45) is 0 Å². The van der Waals surface area contributed by atoms with Gasteiger partial charge in [0.05, 0.1) is 12.0 Å². The van der Waals surface area contributed by atoms with Crippen molar-refractivity contribution in [2.45, 2.75) is 26.4 Å². The van der Waals surface area contributed by atoms with Gasteiger partial charge in [0.25, 0.3) is 0 Å². The quantitative estimate of drug-likeness (QED) is 0.474. The van der Waals surface area contributed by atoms with Crippen LogP contribution in [0.5, 0.6) is 0 Å². The first kappa shape index (κ1) is 17.3. The van der Waals surface area contributed by atoms with Gasteiger partial charge in [-0.15, -0.1) is 0 Å². The zero-order valence-corrected chi connectivity index (χ0v) is 12.7. The Labute approximate surface area is 127 Å². The molecule has 1 aromatic heterocycles. The number of anilines is 1. The minimum absolute atomic E-state index is 0.285. The van der Waals surface area contributed by atoms with Crippen LogP contribution in [0.15, 0.2) is 18.3 Å². The Hall–Kier alpha value is -2.71. The summed E-state index contributed by atoms with van der Waals surface area (Å²) in [5, 5.41) is 11.1. The lowest BCUT2D eigenvalue weighted by molar-refractivity contribution is -0.384. The molecule has 0 aliphatic rings. The normalized spacial score (nSPS) is 10.7. The van der Waals surface area contributed by atoms with Gasteiger partial charge in [-0.1, -0.05) is 0 Å². The maximum atomic E-state index is 12.2. The summed E-state index contributed by atoms with van der Waals surface area (Å²) >= 11 is 0. The van der Waals surface area contributed by atoms with Crippen molar-refractivity contribution in [1.82, 2.24) is 4.98 Å². The number of carbonyl (C=O) groups excluding carboxylic acids is 2. The average molecular weight is 311 g/mol. The minimum Gasteiger partial charge on any atom is -0.468 e. The van der Waals surface area contributed by atoms with Crippen LogP contribution in [0.1, 0.15) is 20.8 Å². The van der Waals surface area contributed by atoms with Gasteiger partial charge < -0.3 is 9.47 Å². The monoisotopic (exact) mass is 311 g/mol. The average Bonchev–Trinajstić information content (AvgIpc) is 2.42. The van der Waals surface area contributed by atoms with Gasteiger partial charge in [-0.3, -0.25) is 14.9 Å². The Bertz CT molecular complexity index is 581. The van der Waals surface area contributed by atoms with Crippen LogP contribution in [0.3, 0.4) is 0 Å². The fourth-order valence-corrected chi connectivity index (χ4v) is 1.48. The summed E-state index contributed by atoms with van der Waals surface area (Å²) in [4.78, 5) is 38.6. The molecule has 120 valence electrons. The van der Waals surface area contributed by atoms with Crippen LogP contribution in [0.4, 0.5) is 16.3 Å². The molecule has 1 amide bonds.